The van der Waals surface area contributed by atoms with E-state index in [9.17, 15) is 18.0 Å². The van der Waals surface area contributed by atoms with Gasteiger partial charge in [0, 0.05) is 0 Å². The molecule has 1 rings (SSSR count). The second kappa shape index (κ2) is 5.41. The number of H-pyrrole nitrogens is 1. The van der Waals surface area contributed by atoms with Gasteiger partial charge < -0.3 is 10.4 Å². The van der Waals surface area contributed by atoms with Crippen LogP contribution in [0, 0.1) is 0 Å². The predicted molar refractivity (Wildman–Crippen MR) is 54.4 cm³/mol. The Balaban J connectivity index is 2.46. The van der Waals surface area contributed by atoms with Crippen LogP contribution in [0.4, 0.5) is 0 Å². The van der Waals surface area contributed by atoms with Crippen LogP contribution in [-0.2, 0) is 19.6 Å². The average molecular weight is 262 g/mol. The van der Waals surface area contributed by atoms with Gasteiger partial charge in [0.1, 0.15) is 6.54 Å². The first kappa shape index (κ1) is 13.1. The molecule has 10 heteroatoms. The van der Waals surface area contributed by atoms with Gasteiger partial charge in [-0.1, -0.05) is 0 Å². The number of aliphatic carboxylic acids is 1. The van der Waals surface area contributed by atoms with Crippen molar-refractivity contribution in [2.75, 3.05) is 13.1 Å². The molecule has 94 valence electrons. The van der Waals surface area contributed by atoms with Gasteiger partial charge in [-0.2, -0.15) is 5.10 Å². The van der Waals surface area contributed by atoms with Crippen molar-refractivity contribution in [3.63, 3.8) is 0 Å². The number of hydrogen-bond acceptors (Lipinski definition) is 5. The largest absolute Gasteiger partial charge is 0.480 e. The Bertz CT molecular complexity index is 494. The number of aromatic amines is 1. The van der Waals surface area contributed by atoms with Crippen molar-refractivity contribution in [3.8, 4) is 0 Å². The van der Waals surface area contributed by atoms with Gasteiger partial charge >= 0.3 is 5.97 Å². The molecule has 4 N–H and O–H groups in total. The Morgan fingerprint density at radius 3 is 2.65 bits per heavy atom. The van der Waals surface area contributed by atoms with Gasteiger partial charge in [0.15, 0.2) is 5.03 Å². The lowest BCUT2D eigenvalue weighted by atomic mass is 10.5. The third-order valence-corrected chi connectivity index (χ3v) is 2.96. The highest BCUT2D eigenvalue weighted by Crippen LogP contribution is 2.00. The molecule has 0 atom stereocenters. The molecule has 1 heterocycles. The van der Waals surface area contributed by atoms with Gasteiger partial charge in [-0.3, -0.25) is 14.7 Å². The second-order valence-electron chi connectivity index (χ2n) is 2.92. The smallest absolute Gasteiger partial charge is 0.322 e. The molecule has 1 aromatic heterocycles. The minimum atomic E-state index is -3.83. The number of carbonyl (C=O) groups excluding carboxylic acids is 1. The lowest BCUT2D eigenvalue weighted by Gasteiger charge is -2.04. The van der Waals surface area contributed by atoms with Crippen LogP contribution in [0.3, 0.4) is 0 Å². The average Bonchev–Trinajstić information content (AvgIpc) is 2.77. The first-order chi connectivity index (χ1) is 7.92. The monoisotopic (exact) mass is 262 g/mol. The van der Waals surface area contributed by atoms with Crippen LogP contribution in [-0.4, -0.2) is 48.7 Å². The Morgan fingerprint density at radius 1 is 1.41 bits per heavy atom. The van der Waals surface area contributed by atoms with E-state index in [0.717, 1.165) is 0 Å². The SMILES string of the molecule is O=C(O)CNC(=O)CNS(=O)(=O)c1ccn[nH]1. The molecule has 0 spiro atoms. The highest BCUT2D eigenvalue weighted by Gasteiger charge is 2.16. The van der Waals surface area contributed by atoms with Crippen molar-refractivity contribution >= 4 is 21.9 Å². The maximum absolute atomic E-state index is 11.5. The molecule has 0 fully saturated rings. The van der Waals surface area contributed by atoms with Gasteiger partial charge in [0.2, 0.25) is 5.91 Å². The van der Waals surface area contributed by atoms with Crippen molar-refractivity contribution < 1.29 is 23.1 Å². The highest BCUT2D eigenvalue weighted by atomic mass is 32.2. The molecule has 1 amide bonds. The molecule has 0 bridgehead atoms. The Kier molecular flexibility index (Phi) is 4.17. The molecule has 0 saturated heterocycles. The van der Waals surface area contributed by atoms with Gasteiger partial charge in [0.05, 0.1) is 12.7 Å². The molecule has 0 radical (unpaired) electrons. The highest BCUT2D eigenvalue weighted by molar-refractivity contribution is 7.89. The van der Waals surface area contributed by atoms with Crippen molar-refractivity contribution in [1.82, 2.24) is 20.2 Å². The van der Waals surface area contributed by atoms with Crippen molar-refractivity contribution in [2.24, 2.45) is 0 Å². The standard InChI is InChI=1S/C7H10N4O5S/c12-5(8-4-7(13)14)3-10-17(15,16)6-1-2-9-11-6/h1-2,10H,3-4H2,(H,8,12)(H,9,11)(H,13,14). The maximum atomic E-state index is 11.5. The van der Waals surface area contributed by atoms with E-state index in [4.69, 9.17) is 5.11 Å². The molecular formula is C7H10N4O5S. The maximum Gasteiger partial charge on any atom is 0.322 e. The fourth-order valence-corrected chi connectivity index (χ4v) is 1.76. The molecule has 0 aliphatic heterocycles. The minimum Gasteiger partial charge on any atom is -0.480 e. The summed E-state index contributed by atoms with van der Waals surface area (Å²) in [6.07, 6.45) is 1.25. The normalized spacial score (nSPS) is 11.1. The molecule has 0 aliphatic rings. The fraction of sp³-hybridized carbons (Fsp3) is 0.286. The molecular weight excluding hydrogens is 252 g/mol. The van der Waals surface area contributed by atoms with E-state index in [1.165, 1.54) is 12.3 Å². The number of hydrogen-bond donors (Lipinski definition) is 4. The summed E-state index contributed by atoms with van der Waals surface area (Å²) in [7, 11) is -3.83. The van der Waals surface area contributed by atoms with Crippen LogP contribution in [0.1, 0.15) is 0 Å². The molecule has 1 aromatic rings. The summed E-state index contributed by atoms with van der Waals surface area (Å²) >= 11 is 0. The van der Waals surface area contributed by atoms with Crippen LogP contribution in [0.5, 0.6) is 0 Å². The van der Waals surface area contributed by atoms with E-state index in [1.54, 1.807) is 0 Å². The van der Waals surface area contributed by atoms with Gasteiger partial charge in [-0.15, -0.1) is 0 Å². The molecule has 0 aliphatic carbocycles. The molecule has 9 nitrogen and oxygen atoms in total. The number of amides is 1. The van der Waals surface area contributed by atoms with Gasteiger partial charge in [0.25, 0.3) is 10.0 Å². The van der Waals surface area contributed by atoms with E-state index in [1.807, 2.05) is 10.0 Å². The number of aromatic nitrogens is 2. The van der Waals surface area contributed by atoms with Crippen molar-refractivity contribution in [3.05, 3.63) is 12.3 Å². The molecule has 0 saturated carbocycles. The molecule has 0 aromatic carbocycles. The zero-order chi connectivity index (χ0) is 12.9. The topological polar surface area (TPSA) is 141 Å². The lowest BCUT2D eigenvalue weighted by molar-refractivity contribution is -0.137. The fourth-order valence-electron chi connectivity index (χ4n) is 0.868. The first-order valence-electron chi connectivity index (χ1n) is 4.39. The summed E-state index contributed by atoms with van der Waals surface area (Å²) in [5.74, 6) is -1.95. The number of nitrogens with one attached hydrogen (secondary N) is 3. The summed E-state index contributed by atoms with van der Waals surface area (Å²) in [5, 5.41) is 15.8. The van der Waals surface area contributed by atoms with Crippen LogP contribution in [0.2, 0.25) is 0 Å². The van der Waals surface area contributed by atoms with Gasteiger partial charge in [-0.25, -0.2) is 13.1 Å². The lowest BCUT2D eigenvalue weighted by Crippen LogP contribution is -2.39. The summed E-state index contributed by atoms with van der Waals surface area (Å²) < 4.78 is 24.9. The number of carboxylic acid groups (broad SMARTS) is 1. The minimum absolute atomic E-state index is 0.177. The molecule has 0 unspecified atom stereocenters. The number of nitrogens with zero attached hydrogens (tertiary/aromatic N) is 1. The van der Waals surface area contributed by atoms with Crippen LogP contribution in [0.25, 0.3) is 0 Å². The van der Waals surface area contributed by atoms with E-state index < -0.39 is 35.0 Å². The van der Waals surface area contributed by atoms with Crippen LogP contribution < -0.4 is 10.0 Å². The Labute approximate surface area is 96.3 Å². The van der Waals surface area contributed by atoms with Crippen LogP contribution >= 0.6 is 0 Å². The number of carboxylic acids is 1. The summed E-state index contributed by atoms with van der Waals surface area (Å²) in [6.45, 7) is -1.11. The summed E-state index contributed by atoms with van der Waals surface area (Å²) in [6, 6.07) is 1.22. The summed E-state index contributed by atoms with van der Waals surface area (Å²) in [4.78, 5) is 21.2. The van der Waals surface area contributed by atoms with Crippen LogP contribution in [0.15, 0.2) is 17.3 Å². The third kappa shape index (κ3) is 4.20. The predicted octanol–water partition coefficient (Wildman–Crippen LogP) is -2.11. The van der Waals surface area contributed by atoms with E-state index >= 15 is 0 Å². The number of rotatable bonds is 6. The zero-order valence-corrected chi connectivity index (χ0v) is 9.32. The van der Waals surface area contributed by atoms with Crippen molar-refractivity contribution in [2.45, 2.75) is 5.03 Å². The third-order valence-electron chi connectivity index (χ3n) is 1.62. The first-order valence-corrected chi connectivity index (χ1v) is 5.87. The van der Waals surface area contributed by atoms with Gasteiger partial charge in [-0.05, 0) is 6.07 Å². The van der Waals surface area contributed by atoms with E-state index in [2.05, 4.69) is 10.2 Å². The summed E-state index contributed by atoms with van der Waals surface area (Å²) in [5.41, 5.74) is 0. The van der Waals surface area contributed by atoms with Crippen molar-refractivity contribution in [1.29, 1.82) is 0 Å². The zero-order valence-electron chi connectivity index (χ0n) is 8.50. The number of sulfonamides is 1. The van der Waals surface area contributed by atoms with E-state index in [-0.39, 0.29) is 5.03 Å². The van der Waals surface area contributed by atoms with E-state index in [0.29, 0.717) is 0 Å². The second-order valence-corrected chi connectivity index (χ2v) is 4.65. The quantitative estimate of drug-likeness (QED) is 0.462. The number of carbonyl (C=O) groups is 2. The Morgan fingerprint density at radius 2 is 2.12 bits per heavy atom. The Hall–Kier alpha value is -1.94. The molecule has 17 heavy (non-hydrogen) atoms.